The zero-order valence-corrected chi connectivity index (χ0v) is 17.0. The van der Waals surface area contributed by atoms with E-state index in [1.165, 1.54) is 11.8 Å². The van der Waals surface area contributed by atoms with Crippen molar-refractivity contribution in [3.05, 3.63) is 89.5 Å². The van der Waals surface area contributed by atoms with Gasteiger partial charge in [0.2, 0.25) is 0 Å². The Morgan fingerprint density at radius 1 is 0.900 bits per heavy atom. The molecule has 3 rings (SSSR count). The molecule has 0 bridgehead atoms. The third-order valence-corrected chi connectivity index (χ3v) is 4.38. The van der Waals surface area contributed by atoms with Crippen molar-refractivity contribution in [2.75, 3.05) is 20.8 Å². The van der Waals surface area contributed by atoms with Gasteiger partial charge < -0.3 is 14.2 Å². The van der Waals surface area contributed by atoms with E-state index >= 15 is 0 Å². The van der Waals surface area contributed by atoms with Crippen molar-refractivity contribution >= 4 is 12.1 Å². The number of para-hydroxylation sites is 1. The third kappa shape index (κ3) is 5.85. The van der Waals surface area contributed by atoms with Gasteiger partial charge in [0.15, 0.2) is 18.1 Å². The maximum atomic E-state index is 12.1. The summed E-state index contributed by atoms with van der Waals surface area (Å²) in [5.74, 6) is 1.55. The zero-order chi connectivity index (χ0) is 21.2. The second kappa shape index (κ2) is 10.7. The van der Waals surface area contributed by atoms with Gasteiger partial charge in [0.1, 0.15) is 5.75 Å². The number of hydrogen-bond acceptors (Lipinski definition) is 5. The average molecular weight is 404 g/mol. The van der Waals surface area contributed by atoms with Gasteiger partial charge in [-0.2, -0.15) is 5.10 Å². The van der Waals surface area contributed by atoms with Gasteiger partial charge in [-0.3, -0.25) is 4.79 Å². The van der Waals surface area contributed by atoms with Crippen molar-refractivity contribution < 1.29 is 19.0 Å². The average Bonchev–Trinajstić information content (AvgIpc) is 2.79. The molecule has 3 aromatic rings. The minimum absolute atomic E-state index is 0.130. The van der Waals surface area contributed by atoms with Crippen molar-refractivity contribution in [1.82, 2.24) is 5.43 Å². The smallest absolute Gasteiger partial charge is 0.277 e. The number of carbonyl (C=O) groups excluding carboxylic acids is 1. The fourth-order valence-electron chi connectivity index (χ4n) is 2.89. The first-order valence-electron chi connectivity index (χ1n) is 9.48. The number of ether oxygens (including phenoxy) is 3. The van der Waals surface area contributed by atoms with Gasteiger partial charge in [0, 0.05) is 6.42 Å². The number of nitrogens with one attached hydrogen (secondary N) is 1. The first-order valence-corrected chi connectivity index (χ1v) is 9.48. The van der Waals surface area contributed by atoms with Crippen LogP contribution in [0.25, 0.3) is 0 Å². The molecule has 1 N–H and O–H groups in total. The van der Waals surface area contributed by atoms with E-state index in [0.717, 1.165) is 17.5 Å². The quantitative estimate of drug-likeness (QED) is 0.435. The highest BCUT2D eigenvalue weighted by Crippen LogP contribution is 2.26. The Hall–Kier alpha value is -3.80. The minimum Gasteiger partial charge on any atom is -0.493 e. The van der Waals surface area contributed by atoms with Gasteiger partial charge in [-0.25, -0.2) is 5.43 Å². The summed E-state index contributed by atoms with van der Waals surface area (Å²) in [6, 6.07) is 23.2. The van der Waals surface area contributed by atoms with Crippen LogP contribution in [0.1, 0.15) is 16.7 Å². The highest BCUT2D eigenvalue weighted by atomic mass is 16.5. The first-order chi connectivity index (χ1) is 14.7. The van der Waals surface area contributed by atoms with Crippen molar-refractivity contribution in [2.45, 2.75) is 6.42 Å². The monoisotopic (exact) mass is 404 g/mol. The predicted octanol–water partition coefficient (Wildman–Crippen LogP) is 3.82. The summed E-state index contributed by atoms with van der Waals surface area (Å²) < 4.78 is 16.2. The molecule has 0 spiro atoms. The number of methoxy groups -OCH3 is 2. The van der Waals surface area contributed by atoms with Crippen molar-refractivity contribution in [3.63, 3.8) is 0 Å². The summed E-state index contributed by atoms with van der Waals surface area (Å²) in [4.78, 5) is 12.1. The highest BCUT2D eigenvalue weighted by molar-refractivity contribution is 5.83. The number of benzene rings is 3. The summed E-state index contributed by atoms with van der Waals surface area (Å²) in [7, 11) is 3.14. The lowest BCUT2D eigenvalue weighted by atomic mass is 10.0. The predicted molar refractivity (Wildman–Crippen MR) is 116 cm³/mol. The normalized spacial score (nSPS) is 10.6. The lowest BCUT2D eigenvalue weighted by Gasteiger charge is -2.11. The molecule has 0 aliphatic carbocycles. The Balaban J connectivity index is 1.55. The number of hydrazone groups is 1. The zero-order valence-electron chi connectivity index (χ0n) is 17.0. The number of carbonyl (C=O) groups is 1. The lowest BCUT2D eigenvalue weighted by Crippen LogP contribution is -2.24. The molecular formula is C24H24N2O4. The molecule has 0 unspecified atom stereocenters. The van der Waals surface area contributed by atoms with E-state index in [0.29, 0.717) is 17.2 Å². The topological polar surface area (TPSA) is 69.2 Å². The molecule has 0 heterocycles. The number of rotatable bonds is 9. The van der Waals surface area contributed by atoms with Gasteiger partial charge in [0.05, 0.1) is 20.4 Å². The standard InChI is InChI=1S/C24H24N2O4/c1-28-22-13-12-19(15-23(22)29-2)16-25-26-24(27)17-30-21-11-7-6-10-20(21)14-18-8-4-3-5-9-18/h3-13,15-16H,14,17H2,1-2H3,(H,26,27)/b25-16-. The van der Waals surface area contributed by atoms with Crippen LogP contribution in [0, 0.1) is 0 Å². The molecule has 154 valence electrons. The van der Waals surface area contributed by atoms with Crippen LogP contribution in [-0.4, -0.2) is 32.9 Å². The van der Waals surface area contributed by atoms with Gasteiger partial charge in [-0.05, 0) is 41.0 Å². The molecule has 0 aromatic heterocycles. The van der Waals surface area contributed by atoms with Crippen molar-refractivity contribution in [1.29, 1.82) is 0 Å². The van der Waals surface area contributed by atoms with E-state index in [2.05, 4.69) is 22.7 Å². The molecule has 0 atom stereocenters. The van der Waals surface area contributed by atoms with Crippen molar-refractivity contribution in [3.8, 4) is 17.2 Å². The van der Waals surface area contributed by atoms with Crippen LogP contribution in [0.15, 0.2) is 77.9 Å². The fraction of sp³-hybridized carbons (Fsp3) is 0.167. The van der Waals surface area contributed by atoms with Gasteiger partial charge >= 0.3 is 0 Å². The molecule has 6 heteroatoms. The van der Waals surface area contributed by atoms with Crippen LogP contribution in [0.3, 0.4) is 0 Å². The second-order valence-electron chi connectivity index (χ2n) is 6.47. The summed E-state index contributed by atoms with van der Waals surface area (Å²) in [5.41, 5.74) is 5.43. The molecular weight excluding hydrogens is 380 g/mol. The second-order valence-corrected chi connectivity index (χ2v) is 6.47. The fourth-order valence-corrected chi connectivity index (χ4v) is 2.89. The van der Waals surface area contributed by atoms with E-state index in [-0.39, 0.29) is 12.5 Å². The molecule has 0 aliphatic rings. The molecule has 0 radical (unpaired) electrons. The maximum Gasteiger partial charge on any atom is 0.277 e. The highest BCUT2D eigenvalue weighted by Gasteiger charge is 2.07. The van der Waals surface area contributed by atoms with E-state index < -0.39 is 0 Å². The Kier molecular flexibility index (Phi) is 7.44. The Bertz CT molecular complexity index is 1000. The molecule has 6 nitrogen and oxygen atoms in total. The maximum absolute atomic E-state index is 12.1. The summed E-state index contributed by atoms with van der Waals surface area (Å²) >= 11 is 0. The van der Waals surface area contributed by atoms with Crippen LogP contribution in [-0.2, 0) is 11.2 Å². The third-order valence-electron chi connectivity index (χ3n) is 4.38. The summed E-state index contributed by atoms with van der Waals surface area (Å²) in [6.45, 7) is -0.130. The minimum atomic E-state index is -0.346. The van der Waals surface area contributed by atoms with Crippen LogP contribution in [0.5, 0.6) is 17.2 Å². The van der Waals surface area contributed by atoms with Crippen LogP contribution < -0.4 is 19.6 Å². The first kappa shape index (κ1) is 20.9. The molecule has 0 fully saturated rings. The molecule has 0 aliphatic heterocycles. The van der Waals surface area contributed by atoms with E-state index in [9.17, 15) is 4.79 Å². The van der Waals surface area contributed by atoms with Crippen molar-refractivity contribution in [2.24, 2.45) is 5.10 Å². The SMILES string of the molecule is COc1ccc(/C=N\NC(=O)COc2ccccc2Cc2ccccc2)cc1OC. The largest absolute Gasteiger partial charge is 0.493 e. The van der Waals surface area contributed by atoms with Crippen LogP contribution >= 0.6 is 0 Å². The summed E-state index contributed by atoms with van der Waals surface area (Å²) in [5, 5.41) is 3.97. The Labute approximate surface area is 176 Å². The van der Waals surface area contributed by atoms with E-state index in [4.69, 9.17) is 14.2 Å². The summed E-state index contributed by atoms with van der Waals surface area (Å²) in [6.07, 6.45) is 2.26. The van der Waals surface area contributed by atoms with E-state index in [1.54, 1.807) is 26.4 Å². The van der Waals surface area contributed by atoms with Crippen LogP contribution in [0.2, 0.25) is 0 Å². The van der Waals surface area contributed by atoms with Gasteiger partial charge in [-0.1, -0.05) is 48.5 Å². The van der Waals surface area contributed by atoms with Crippen LogP contribution in [0.4, 0.5) is 0 Å². The molecule has 30 heavy (non-hydrogen) atoms. The Morgan fingerprint density at radius 3 is 2.40 bits per heavy atom. The van der Waals surface area contributed by atoms with Gasteiger partial charge in [0.25, 0.3) is 5.91 Å². The van der Waals surface area contributed by atoms with E-state index in [1.807, 2.05) is 48.5 Å². The molecule has 0 saturated heterocycles. The number of nitrogens with zero attached hydrogens (tertiary/aromatic N) is 1. The number of hydrogen-bond donors (Lipinski definition) is 1. The molecule has 0 saturated carbocycles. The van der Waals surface area contributed by atoms with Gasteiger partial charge in [-0.15, -0.1) is 0 Å². The molecule has 1 amide bonds. The lowest BCUT2D eigenvalue weighted by molar-refractivity contribution is -0.123. The number of amides is 1. The Morgan fingerprint density at radius 2 is 1.63 bits per heavy atom. The molecule has 3 aromatic carbocycles.